The summed E-state index contributed by atoms with van der Waals surface area (Å²) in [5.74, 6) is -0.925. The van der Waals surface area contributed by atoms with Crippen LogP contribution in [0.2, 0.25) is 0 Å². The van der Waals surface area contributed by atoms with Gasteiger partial charge in [-0.1, -0.05) is 15.9 Å². The predicted octanol–water partition coefficient (Wildman–Crippen LogP) is 4.29. The van der Waals surface area contributed by atoms with Crippen LogP contribution in [0, 0.1) is 18.3 Å². The molecule has 0 aliphatic rings. The number of nitrogen functional groups attached to an aromatic ring is 1. The Morgan fingerprint density at radius 3 is 2.74 bits per heavy atom. The van der Waals surface area contributed by atoms with Gasteiger partial charge in [-0.2, -0.15) is 5.26 Å². The van der Waals surface area contributed by atoms with E-state index in [-0.39, 0.29) is 40.0 Å². The molecule has 1 aromatic carbocycles. The number of hydrogen-bond acceptors (Lipinski definition) is 8. The van der Waals surface area contributed by atoms with Gasteiger partial charge < -0.3 is 15.2 Å². The van der Waals surface area contributed by atoms with E-state index in [1.165, 1.54) is 11.8 Å². The van der Waals surface area contributed by atoms with Crippen molar-refractivity contribution >= 4 is 56.0 Å². The zero-order valence-corrected chi connectivity index (χ0v) is 17.9. The molecule has 27 heavy (non-hydrogen) atoms. The first kappa shape index (κ1) is 21.3. The van der Waals surface area contributed by atoms with Gasteiger partial charge in [-0.15, -0.1) is 23.1 Å². The molecule has 0 aliphatic carbocycles. The first-order valence-corrected chi connectivity index (χ1v) is 10.5. The van der Waals surface area contributed by atoms with Gasteiger partial charge in [0.25, 0.3) is 0 Å². The Bertz CT molecular complexity index is 905. The van der Waals surface area contributed by atoms with Gasteiger partial charge in [0.15, 0.2) is 0 Å². The van der Waals surface area contributed by atoms with Crippen LogP contribution in [0.5, 0.6) is 0 Å². The quantitative estimate of drug-likeness (QED) is 0.477. The molecular formula is C18H17BrN2O4S2. The number of nitriles is 1. The molecule has 0 radical (unpaired) electrons. The zero-order valence-electron chi connectivity index (χ0n) is 14.7. The van der Waals surface area contributed by atoms with Crippen LogP contribution >= 0.6 is 39.0 Å². The molecule has 2 aromatic rings. The van der Waals surface area contributed by atoms with Crippen molar-refractivity contribution in [3.8, 4) is 6.07 Å². The second-order valence-electron chi connectivity index (χ2n) is 5.34. The van der Waals surface area contributed by atoms with Crippen LogP contribution in [-0.4, -0.2) is 24.3 Å². The topological polar surface area (TPSA) is 102 Å². The highest BCUT2D eigenvalue weighted by molar-refractivity contribution is 9.10. The van der Waals surface area contributed by atoms with E-state index in [4.69, 9.17) is 15.2 Å². The molecule has 0 atom stereocenters. The number of carbonyl (C=O) groups excluding carboxylic acids is 2. The van der Waals surface area contributed by atoms with Crippen molar-refractivity contribution in [3.63, 3.8) is 0 Å². The first-order chi connectivity index (χ1) is 12.9. The SMILES string of the molecule is CCOC(=O)c1sc(N)c(C#N)c1COC(=O)CSc1ccc(Br)cc1C. The smallest absolute Gasteiger partial charge is 0.348 e. The first-order valence-electron chi connectivity index (χ1n) is 7.90. The summed E-state index contributed by atoms with van der Waals surface area (Å²) in [6.45, 7) is 3.63. The van der Waals surface area contributed by atoms with E-state index in [9.17, 15) is 14.9 Å². The molecule has 2 N–H and O–H groups in total. The van der Waals surface area contributed by atoms with Gasteiger partial charge >= 0.3 is 11.9 Å². The Kier molecular flexibility index (Phi) is 7.71. The van der Waals surface area contributed by atoms with E-state index in [2.05, 4.69) is 15.9 Å². The fourth-order valence-electron chi connectivity index (χ4n) is 2.21. The molecule has 1 aromatic heterocycles. The van der Waals surface area contributed by atoms with Crippen molar-refractivity contribution in [1.82, 2.24) is 0 Å². The second-order valence-corrected chi connectivity index (χ2v) is 8.33. The highest BCUT2D eigenvalue weighted by Gasteiger charge is 2.23. The van der Waals surface area contributed by atoms with Crippen molar-refractivity contribution < 1.29 is 19.1 Å². The minimum absolute atomic E-state index is 0.110. The standard InChI is InChI=1S/C18H17BrN2O4S2/c1-3-24-18(23)16-13(12(7-20)17(21)27-16)8-25-15(22)9-26-14-5-4-11(19)6-10(14)2/h4-6H,3,8-9,21H2,1-2H3. The van der Waals surface area contributed by atoms with Crippen molar-refractivity contribution in [2.45, 2.75) is 25.3 Å². The molecular weight excluding hydrogens is 452 g/mol. The third kappa shape index (κ3) is 5.48. The highest BCUT2D eigenvalue weighted by atomic mass is 79.9. The highest BCUT2D eigenvalue weighted by Crippen LogP contribution is 2.32. The molecule has 6 nitrogen and oxygen atoms in total. The molecule has 0 spiro atoms. The average Bonchev–Trinajstić information content (AvgIpc) is 2.95. The number of ether oxygens (including phenoxy) is 2. The summed E-state index contributed by atoms with van der Waals surface area (Å²) in [5, 5.41) is 9.47. The number of rotatable bonds is 7. The summed E-state index contributed by atoms with van der Waals surface area (Å²) in [6, 6.07) is 7.74. The number of thiophene rings is 1. The molecule has 0 fully saturated rings. The minimum Gasteiger partial charge on any atom is -0.462 e. The Labute approximate surface area is 173 Å². The lowest BCUT2D eigenvalue weighted by molar-refractivity contribution is -0.141. The number of esters is 2. The third-order valence-corrected chi connectivity index (χ3v) is 6.15. The van der Waals surface area contributed by atoms with Gasteiger partial charge in [-0.3, -0.25) is 4.79 Å². The summed E-state index contributed by atoms with van der Waals surface area (Å²) in [7, 11) is 0. The Morgan fingerprint density at radius 2 is 2.11 bits per heavy atom. The number of aryl methyl sites for hydroxylation is 1. The fourth-order valence-corrected chi connectivity index (χ4v) is 4.41. The number of nitrogens with zero attached hydrogens (tertiary/aromatic N) is 1. The van der Waals surface area contributed by atoms with Gasteiger partial charge in [-0.05, 0) is 37.6 Å². The number of halogens is 1. The third-order valence-electron chi connectivity index (χ3n) is 3.47. The number of carbonyl (C=O) groups is 2. The maximum atomic E-state index is 12.1. The molecule has 2 rings (SSSR count). The number of benzene rings is 1. The van der Waals surface area contributed by atoms with Gasteiger partial charge in [0, 0.05) is 14.9 Å². The van der Waals surface area contributed by atoms with Crippen LogP contribution in [0.25, 0.3) is 0 Å². The molecule has 0 saturated heterocycles. The van der Waals surface area contributed by atoms with E-state index >= 15 is 0 Å². The monoisotopic (exact) mass is 468 g/mol. The van der Waals surface area contributed by atoms with Crippen molar-refractivity contribution in [2.24, 2.45) is 0 Å². The molecule has 1 heterocycles. The molecule has 0 amide bonds. The summed E-state index contributed by atoms with van der Waals surface area (Å²) in [4.78, 5) is 25.3. The average molecular weight is 469 g/mol. The maximum absolute atomic E-state index is 12.1. The fraction of sp³-hybridized carbons (Fsp3) is 0.278. The lowest BCUT2D eigenvalue weighted by Gasteiger charge is -2.08. The van der Waals surface area contributed by atoms with Crippen molar-refractivity contribution in [1.29, 1.82) is 5.26 Å². The molecule has 142 valence electrons. The van der Waals surface area contributed by atoms with E-state index in [0.29, 0.717) is 0 Å². The van der Waals surface area contributed by atoms with Crippen LogP contribution in [0.1, 0.15) is 33.3 Å². The summed E-state index contributed by atoms with van der Waals surface area (Å²) < 4.78 is 11.2. The van der Waals surface area contributed by atoms with E-state index in [0.717, 1.165) is 26.3 Å². The van der Waals surface area contributed by atoms with Gasteiger partial charge in [0.2, 0.25) is 0 Å². The summed E-state index contributed by atoms with van der Waals surface area (Å²) >= 11 is 5.72. The lowest BCUT2D eigenvalue weighted by atomic mass is 10.1. The van der Waals surface area contributed by atoms with Crippen LogP contribution in [-0.2, 0) is 20.9 Å². The van der Waals surface area contributed by atoms with Crippen molar-refractivity contribution in [3.05, 3.63) is 44.2 Å². The number of nitrogens with two attached hydrogens (primary N) is 1. The van der Waals surface area contributed by atoms with E-state index in [1.54, 1.807) is 6.92 Å². The largest absolute Gasteiger partial charge is 0.462 e. The number of anilines is 1. The van der Waals surface area contributed by atoms with Gasteiger partial charge in [-0.25, -0.2) is 4.79 Å². The summed E-state index contributed by atoms with van der Waals surface area (Å²) in [6.07, 6.45) is 0. The van der Waals surface area contributed by atoms with Crippen LogP contribution in [0.4, 0.5) is 5.00 Å². The van der Waals surface area contributed by atoms with E-state index < -0.39 is 11.9 Å². The zero-order chi connectivity index (χ0) is 20.0. The minimum atomic E-state index is -0.582. The van der Waals surface area contributed by atoms with Crippen molar-refractivity contribution in [2.75, 3.05) is 18.1 Å². The molecule has 9 heteroatoms. The summed E-state index contributed by atoms with van der Waals surface area (Å²) in [5.41, 5.74) is 7.28. The van der Waals surface area contributed by atoms with Crippen LogP contribution < -0.4 is 5.73 Å². The normalized spacial score (nSPS) is 10.3. The molecule has 0 bridgehead atoms. The van der Waals surface area contributed by atoms with Gasteiger partial charge in [0.05, 0.1) is 17.9 Å². The Balaban J connectivity index is 2.04. The Hall–Kier alpha value is -2.02. The van der Waals surface area contributed by atoms with Crippen LogP contribution in [0.3, 0.4) is 0 Å². The number of thioether (sulfide) groups is 1. The second kappa shape index (κ2) is 9.78. The van der Waals surface area contributed by atoms with Gasteiger partial charge in [0.1, 0.15) is 22.6 Å². The molecule has 0 aliphatic heterocycles. The predicted molar refractivity (Wildman–Crippen MR) is 109 cm³/mol. The lowest BCUT2D eigenvalue weighted by Crippen LogP contribution is -2.11. The maximum Gasteiger partial charge on any atom is 0.348 e. The number of hydrogen-bond donors (Lipinski definition) is 1. The molecule has 0 saturated carbocycles. The van der Waals surface area contributed by atoms with E-state index in [1.807, 2.05) is 31.2 Å². The molecule has 0 unspecified atom stereocenters. The van der Waals surface area contributed by atoms with Crippen LogP contribution in [0.15, 0.2) is 27.6 Å². The Morgan fingerprint density at radius 1 is 1.37 bits per heavy atom.